The average Bonchev–Trinajstić information content (AvgIpc) is 2.93. The predicted molar refractivity (Wildman–Crippen MR) is 84.1 cm³/mol. The summed E-state index contributed by atoms with van der Waals surface area (Å²) in [5.41, 5.74) is 0.453. The highest BCUT2D eigenvalue weighted by Gasteiger charge is 2.56. The summed E-state index contributed by atoms with van der Waals surface area (Å²) in [5, 5.41) is 9.47. The molecule has 2 N–H and O–H groups in total. The summed E-state index contributed by atoms with van der Waals surface area (Å²) >= 11 is 1.68. The third-order valence-electron chi connectivity index (χ3n) is 4.73. The molecule has 21 heavy (non-hydrogen) atoms. The van der Waals surface area contributed by atoms with Crippen LogP contribution in [0.4, 0.5) is 0 Å². The Morgan fingerprint density at radius 1 is 1.57 bits per heavy atom. The maximum Gasteiger partial charge on any atom is 0.234 e. The molecule has 1 saturated heterocycles. The number of nitrogens with zero attached hydrogens (tertiary/aromatic N) is 2. The number of aromatic nitrogens is 1. The van der Waals surface area contributed by atoms with E-state index in [2.05, 4.69) is 20.5 Å². The molecule has 2 fully saturated rings. The van der Waals surface area contributed by atoms with E-state index in [1.165, 1.54) is 19.3 Å². The summed E-state index contributed by atoms with van der Waals surface area (Å²) in [4.78, 5) is 18.7. The maximum absolute atomic E-state index is 12.0. The standard InChI is InChI=1S/C15H24N4OS/c1-2-17-13(20)10-19(11-14-18-7-8-21-14)12-9-15(12)3-5-16-6-4-15/h7-8,12,16H,2-6,9-11H2,1H3,(H,17,20). The second kappa shape index (κ2) is 6.42. The van der Waals surface area contributed by atoms with E-state index in [9.17, 15) is 4.79 Å². The molecule has 1 saturated carbocycles. The van der Waals surface area contributed by atoms with Gasteiger partial charge in [0.05, 0.1) is 13.1 Å². The number of carbonyl (C=O) groups excluding carboxylic acids is 1. The molecule has 1 aromatic rings. The summed E-state index contributed by atoms with van der Waals surface area (Å²) in [6, 6.07) is 0.547. The van der Waals surface area contributed by atoms with E-state index < -0.39 is 0 Å². The lowest BCUT2D eigenvalue weighted by atomic mass is 9.93. The van der Waals surface area contributed by atoms with Crippen molar-refractivity contribution in [3.8, 4) is 0 Å². The zero-order chi connectivity index (χ0) is 14.7. The van der Waals surface area contributed by atoms with Crippen molar-refractivity contribution in [2.75, 3.05) is 26.2 Å². The van der Waals surface area contributed by atoms with Gasteiger partial charge in [-0.3, -0.25) is 9.69 Å². The number of likely N-dealkylation sites (N-methyl/N-ethyl adjacent to an activating group) is 1. The van der Waals surface area contributed by atoms with E-state index in [0.29, 0.717) is 24.5 Å². The maximum atomic E-state index is 12.0. The SMILES string of the molecule is CCNC(=O)CN(Cc1nccs1)C1CC12CCNCC2. The third-order valence-corrected chi connectivity index (χ3v) is 5.49. The van der Waals surface area contributed by atoms with Crippen LogP contribution in [0.2, 0.25) is 0 Å². The zero-order valence-corrected chi connectivity index (χ0v) is 13.4. The Balaban J connectivity index is 1.66. The van der Waals surface area contributed by atoms with Gasteiger partial charge in [-0.05, 0) is 44.7 Å². The highest BCUT2D eigenvalue weighted by molar-refractivity contribution is 7.09. The van der Waals surface area contributed by atoms with E-state index >= 15 is 0 Å². The lowest BCUT2D eigenvalue weighted by molar-refractivity contribution is -0.122. The van der Waals surface area contributed by atoms with Crippen molar-refractivity contribution in [3.05, 3.63) is 16.6 Å². The second-order valence-corrected chi connectivity index (χ2v) is 7.10. The van der Waals surface area contributed by atoms with Gasteiger partial charge in [0.1, 0.15) is 5.01 Å². The van der Waals surface area contributed by atoms with E-state index in [4.69, 9.17) is 0 Å². The molecule has 1 atom stereocenters. The fourth-order valence-electron chi connectivity index (χ4n) is 3.52. The van der Waals surface area contributed by atoms with Crippen LogP contribution in [0.1, 0.15) is 31.2 Å². The lowest BCUT2D eigenvalue weighted by Crippen LogP contribution is -2.41. The first-order chi connectivity index (χ1) is 10.2. The van der Waals surface area contributed by atoms with Crippen molar-refractivity contribution >= 4 is 17.2 Å². The first kappa shape index (κ1) is 14.9. The first-order valence-electron chi connectivity index (χ1n) is 7.83. The molecule has 1 aliphatic heterocycles. The van der Waals surface area contributed by atoms with Gasteiger partial charge in [-0.25, -0.2) is 4.98 Å². The third kappa shape index (κ3) is 3.44. The molecule has 1 aliphatic carbocycles. The van der Waals surface area contributed by atoms with Gasteiger partial charge in [0.25, 0.3) is 0 Å². The van der Waals surface area contributed by atoms with Crippen LogP contribution in [0.15, 0.2) is 11.6 Å². The Bertz CT molecular complexity index is 470. The van der Waals surface area contributed by atoms with E-state index in [1.54, 1.807) is 11.3 Å². The highest BCUT2D eigenvalue weighted by Crippen LogP contribution is 2.55. The molecule has 1 amide bonds. The Morgan fingerprint density at radius 3 is 3.05 bits per heavy atom. The minimum Gasteiger partial charge on any atom is -0.355 e. The lowest BCUT2D eigenvalue weighted by Gasteiger charge is -2.28. The van der Waals surface area contributed by atoms with Crippen molar-refractivity contribution in [2.45, 2.75) is 38.8 Å². The molecule has 2 heterocycles. The fraction of sp³-hybridized carbons (Fsp3) is 0.733. The van der Waals surface area contributed by atoms with Gasteiger partial charge >= 0.3 is 0 Å². The molecule has 0 radical (unpaired) electrons. The fourth-order valence-corrected chi connectivity index (χ4v) is 4.16. The van der Waals surface area contributed by atoms with Crippen LogP contribution in [0.5, 0.6) is 0 Å². The van der Waals surface area contributed by atoms with E-state index in [-0.39, 0.29) is 5.91 Å². The first-order valence-corrected chi connectivity index (χ1v) is 8.71. The van der Waals surface area contributed by atoms with Gasteiger partial charge in [0, 0.05) is 24.2 Å². The summed E-state index contributed by atoms with van der Waals surface area (Å²) in [6.07, 6.45) is 5.56. The summed E-state index contributed by atoms with van der Waals surface area (Å²) in [7, 11) is 0. The normalized spacial score (nSPS) is 23.4. The van der Waals surface area contributed by atoms with E-state index in [0.717, 1.165) is 24.6 Å². The summed E-state index contributed by atoms with van der Waals surface area (Å²) in [5.74, 6) is 0.130. The molecular formula is C15H24N4OS. The molecule has 1 unspecified atom stereocenters. The quantitative estimate of drug-likeness (QED) is 0.830. The average molecular weight is 308 g/mol. The topological polar surface area (TPSA) is 57.3 Å². The van der Waals surface area contributed by atoms with Crippen molar-refractivity contribution in [1.29, 1.82) is 0 Å². The molecular weight excluding hydrogens is 284 g/mol. The van der Waals surface area contributed by atoms with Gasteiger partial charge in [-0.15, -0.1) is 11.3 Å². The molecule has 0 bridgehead atoms. The second-order valence-electron chi connectivity index (χ2n) is 6.12. The number of hydrogen-bond acceptors (Lipinski definition) is 5. The molecule has 6 heteroatoms. The Kier molecular flexibility index (Phi) is 4.57. The molecule has 2 aliphatic rings. The minimum absolute atomic E-state index is 0.130. The summed E-state index contributed by atoms with van der Waals surface area (Å²) < 4.78 is 0. The Hall–Kier alpha value is -0.980. The molecule has 1 spiro atoms. The van der Waals surface area contributed by atoms with Crippen molar-refractivity contribution in [3.63, 3.8) is 0 Å². The van der Waals surface area contributed by atoms with Crippen LogP contribution in [-0.4, -0.2) is 48.0 Å². The van der Waals surface area contributed by atoms with E-state index in [1.807, 2.05) is 18.5 Å². The molecule has 0 aromatic carbocycles. The molecule has 3 rings (SSSR count). The van der Waals surface area contributed by atoms with Gasteiger partial charge in [-0.2, -0.15) is 0 Å². The van der Waals surface area contributed by atoms with Crippen LogP contribution in [0.3, 0.4) is 0 Å². The van der Waals surface area contributed by atoms with Crippen molar-refractivity contribution in [1.82, 2.24) is 20.5 Å². The van der Waals surface area contributed by atoms with Crippen LogP contribution in [0, 0.1) is 5.41 Å². The monoisotopic (exact) mass is 308 g/mol. The minimum atomic E-state index is 0.130. The van der Waals surface area contributed by atoms with Gasteiger partial charge in [0.15, 0.2) is 0 Å². The van der Waals surface area contributed by atoms with Crippen molar-refractivity contribution in [2.24, 2.45) is 5.41 Å². The molecule has 5 nitrogen and oxygen atoms in total. The highest BCUT2D eigenvalue weighted by atomic mass is 32.1. The number of amides is 1. The van der Waals surface area contributed by atoms with Crippen LogP contribution < -0.4 is 10.6 Å². The van der Waals surface area contributed by atoms with Crippen molar-refractivity contribution < 1.29 is 4.79 Å². The Labute approximate surface area is 130 Å². The number of hydrogen-bond donors (Lipinski definition) is 2. The smallest absolute Gasteiger partial charge is 0.234 e. The number of nitrogens with one attached hydrogen (secondary N) is 2. The number of piperidine rings is 1. The Morgan fingerprint density at radius 2 is 2.38 bits per heavy atom. The van der Waals surface area contributed by atoms with Gasteiger partial charge in [-0.1, -0.05) is 0 Å². The number of thiazole rings is 1. The predicted octanol–water partition coefficient (Wildman–Crippen LogP) is 1.22. The van der Waals surface area contributed by atoms with Crippen LogP contribution in [-0.2, 0) is 11.3 Å². The van der Waals surface area contributed by atoms with Crippen LogP contribution >= 0.6 is 11.3 Å². The summed E-state index contributed by atoms with van der Waals surface area (Å²) in [6.45, 7) is 6.19. The largest absolute Gasteiger partial charge is 0.355 e. The number of rotatable bonds is 6. The molecule has 1 aromatic heterocycles. The van der Waals surface area contributed by atoms with Gasteiger partial charge < -0.3 is 10.6 Å². The zero-order valence-electron chi connectivity index (χ0n) is 12.6. The number of carbonyl (C=O) groups is 1. The van der Waals surface area contributed by atoms with Gasteiger partial charge in [0.2, 0.25) is 5.91 Å². The van der Waals surface area contributed by atoms with Crippen LogP contribution in [0.25, 0.3) is 0 Å². The molecule has 116 valence electrons.